The van der Waals surface area contributed by atoms with Crippen molar-refractivity contribution < 1.29 is 0 Å². The van der Waals surface area contributed by atoms with Gasteiger partial charge >= 0.3 is 0 Å². The normalized spacial score (nSPS) is 14.0. The summed E-state index contributed by atoms with van der Waals surface area (Å²) in [4.78, 5) is 29.0. The monoisotopic (exact) mass is 377 g/mol. The van der Waals surface area contributed by atoms with Crippen molar-refractivity contribution in [1.29, 1.82) is 0 Å². The molecule has 3 aromatic rings. The lowest BCUT2D eigenvalue weighted by Crippen LogP contribution is -2.32. The Hall–Kier alpha value is -3.34. The molecule has 0 bridgehead atoms. The van der Waals surface area contributed by atoms with E-state index in [0.717, 1.165) is 31.9 Å². The minimum Gasteiger partial charge on any atom is -0.342 e. The van der Waals surface area contributed by atoms with E-state index in [1.54, 1.807) is 20.2 Å². The first kappa shape index (κ1) is 18.0. The van der Waals surface area contributed by atoms with E-state index in [2.05, 4.69) is 32.0 Å². The Labute approximate surface area is 163 Å². The highest BCUT2D eigenvalue weighted by molar-refractivity contribution is 5.76. The molecule has 0 amide bonds. The van der Waals surface area contributed by atoms with Gasteiger partial charge in [-0.3, -0.25) is 13.9 Å². The van der Waals surface area contributed by atoms with Gasteiger partial charge in [-0.1, -0.05) is 12.0 Å². The van der Waals surface area contributed by atoms with Crippen molar-refractivity contribution in [3.8, 4) is 11.8 Å². The Bertz CT molecular complexity index is 1100. The average Bonchev–Trinajstić information content (AvgIpc) is 3.10. The number of nitrogens with zero attached hydrogens (tertiary/aromatic N) is 6. The highest BCUT2D eigenvalue weighted by atomic mass is 16.1. The van der Waals surface area contributed by atoms with Crippen molar-refractivity contribution in [3.05, 3.63) is 34.7 Å². The first-order chi connectivity index (χ1) is 13.7. The van der Waals surface area contributed by atoms with Crippen molar-refractivity contribution in [2.45, 2.75) is 32.7 Å². The molecule has 0 aromatic carbocycles. The van der Waals surface area contributed by atoms with E-state index in [-0.39, 0.29) is 5.56 Å². The number of hydrogen-bond acceptors (Lipinski definition) is 6. The van der Waals surface area contributed by atoms with Gasteiger partial charge in [0.15, 0.2) is 11.2 Å². The molecule has 0 radical (unpaired) electrons. The topological polar surface area (TPSA) is 80.9 Å². The molecule has 0 saturated carbocycles. The fourth-order valence-electron chi connectivity index (χ4n) is 3.45. The molecule has 8 heteroatoms. The first-order valence-corrected chi connectivity index (χ1v) is 9.49. The predicted octanol–water partition coefficient (Wildman–Crippen LogP) is 2.28. The van der Waals surface area contributed by atoms with Crippen LogP contribution in [0.15, 0.2) is 29.2 Å². The second kappa shape index (κ2) is 7.72. The van der Waals surface area contributed by atoms with Crippen molar-refractivity contribution in [3.63, 3.8) is 0 Å². The van der Waals surface area contributed by atoms with Gasteiger partial charge in [0.1, 0.15) is 5.82 Å². The Balaban J connectivity index is 1.85. The molecule has 3 aromatic heterocycles. The van der Waals surface area contributed by atoms with E-state index in [0.29, 0.717) is 29.5 Å². The standard InChI is InChI=1S/C20H23N7O/c1-3-4-14-27-16-17(24-20(27)26-12-8-5-9-13-26)23-19(25(2)18(16)28)22-15-10-6-7-11-21-15/h6-7,10-11H,5,8-9,12-14H2,1-2H3,(H,21,22,23). The number of aromatic nitrogens is 5. The van der Waals surface area contributed by atoms with Crippen LogP contribution in [0, 0.1) is 11.8 Å². The summed E-state index contributed by atoms with van der Waals surface area (Å²) in [5, 5.41) is 3.11. The third kappa shape index (κ3) is 3.31. The van der Waals surface area contributed by atoms with Crippen molar-refractivity contribution in [2.24, 2.45) is 7.05 Å². The molecular weight excluding hydrogens is 354 g/mol. The number of rotatable bonds is 4. The third-order valence-corrected chi connectivity index (χ3v) is 4.92. The number of fused-ring (bicyclic) bond motifs is 1. The van der Waals surface area contributed by atoms with Gasteiger partial charge in [-0.2, -0.15) is 9.97 Å². The van der Waals surface area contributed by atoms with Crippen molar-refractivity contribution >= 4 is 28.9 Å². The summed E-state index contributed by atoms with van der Waals surface area (Å²) in [6, 6.07) is 5.53. The molecule has 28 heavy (non-hydrogen) atoms. The number of pyridine rings is 1. The van der Waals surface area contributed by atoms with Crippen LogP contribution in [0.5, 0.6) is 0 Å². The van der Waals surface area contributed by atoms with Crippen LogP contribution < -0.4 is 15.8 Å². The lowest BCUT2D eigenvalue weighted by atomic mass is 10.1. The molecule has 0 unspecified atom stereocenters. The van der Waals surface area contributed by atoms with Gasteiger partial charge < -0.3 is 10.2 Å². The molecule has 4 rings (SSSR count). The fraction of sp³-hybridized carbons (Fsp3) is 0.400. The minimum absolute atomic E-state index is 0.155. The summed E-state index contributed by atoms with van der Waals surface area (Å²) in [6.45, 7) is 4.08. The van der Waals surface area contributed by atoms with Gasteiger partial charge in [0, 0.05) is 26.3 Å². The quantitative estimate of drug-likeness (QED) is 0.703. The van der Waals surface area contributed by atoms with E-state index in [1.807, 2.05) is 22.8 Å². The summed E-state index contributed by atoms with van der Waals surface area (Å²) >= 11 is 0. The van der Waals surface area contributed by atoms with Gasteiger partial charge in [0.05, 0.1) is 6.54 Å². The molecule has 0 atom stereocenters. The Kier molecular flexibility index (Phi) is 4.98. The van der Waals surface area contributed by atoms with Crippen molar-refractivity contribution in [2.75, 3.05) is 23.3 Å². The van der Waals surface area contributed by atoms with Crippen LogP contribution >= 0.6 is 0 Å². The Morgan fingerprint density at radius 2 is 2.00 bits per heavy atom. The predicted molar refractivity (Wildman–Crippen MR) is 110 cm³/mol. The fourth-order valence-corrected chi connectivity index (χ4v) is 3.45. The van der Waals surface area contributed by atoms with Crippen LogP contribution in [0.2, 0.25) is 0 Å². The zero-order valence-electron chi connectivity index (χ0n) is 16.1. The number of anilines is 3. The molecule has 144 valence electrons. The third-order valence-electron chi connectivity index (χ3n) is 4.92. The summed E-state index contributed by atoms with van der Waals surface area (Å²) in [5.41, 5.74) is 0.759. The van der Waals surface area contributed by atoms with Gasteiger partial charge in [0.2, 0.25) is 11.9 Å². The van der Waals surface area contributed by atoms with Crippen LogP contribution in [0.1, 0.15) is 26.2 Å². The van der Waals surface area contributed by atoms with Crippen LogP contribution in [-0.2, 0) is 13.6 Å². The van der Waals surface area contributed by atoms with Crippen LogP contribution in [0.3, 0.4) is 0 Å². The first-order valence-electron chi connectivity index (χ1n) is 9.49. The molecule has 1 saturated heterocycles. The van der Waals surface area contributed by atoms with Gasteiger partial charge in [-0.15, -0.1) is 5.92 Å². The number of imidazole rings is 1. The molecule has 1 fully saturated rings. The maximum Gasteiger partial charge on any atom is 0.281 e. The highest BCUT2D eigenvalue weighted by Gasteiger charge is 2.23. The summed E-state index contributed by atoms with van der Waals surface area (Å²) < 4.78 is 3.39. The lowest BCUT2D eigenvalue weighted by molar-refractivity contribution is 0.561. The molecular formula is C20H23N7O. The maximum absolute atomic E-state index is 13.2. The molecule has 8 nitrogen and oxygen atoms in total. The molecule has 4 heterocycles. The largest absolute Gasteiger partial charge is 0.342 e. The van der Waals surface area contributed by atoms with Crippen LogP contribution in [0.25, 0.3) is 11.2 Å². The van der Waals surface area contributed by atoms with Crippen molar-refractivity contribution in [1.82, 2.24) is 24.1 Å². The molecule has 1 aliphatic rings. The van der Waals surface area contributed by atoms with Gasteiger partial charge in [0.25, 0.3) is 5.56 Å². The van der Waals surface area contributed by atoms with E-state index in [1.165, 1.54) is 11.0 Å². The number of hydrogen-bond donors (Lipinski definition) is 1. The number of piperidine rings is 1. The molecule has 1 aliphatic heterocycles. The highest BCUT2D eigenvalue weighted by Crippen LogP contribution is 2.24. The van der Waals surface area contributed by atoms with E-state index < -0.39 is 0 Å². The molecule has 0 spiro atoms. The SMILES string of the molecule is CC#CCn1c(N2CCCCC2)nc2nc(Nc3ccccn3)n(C)c(=O)c21. The second-order valence-electron chi connectivity index (χ2n) is 6.78. The molecule has 0 aliphatic carbocycles. The second-order valence-corrected chi connectivity index (χ2v) is 6.78. The lowest BCUT2D eigenvalue weighted by Gasteiger charge is -2.27. The van der Waals surface area contributed by atoms with E-state index >= 15 is 0 Å². The summed E-state index contributed by atoms with van der Waals surface area (Å²) in [5.74, 6) is 7.79. The van der Waals surface area contributed by atoms with Crippen LogP contribution in [-0.4, -0.2) is 37.2 Å². The smallest absolute Gasteiger partial charge is 0.281 e. The van der Waals surface area contributed by atoms with E-state index in [9.17, 15) is 4.79 Å². The zero-order valence-corrected chi connectivity index (χ0v) is 16.1. The maximum atomic E-state index is 13.2. The van der Waals surface area contributed by atoms with Crippen LogP contribution in [0.4, 0.5) is 17.7 Å². The Morgan fingerprint density at radius 3 is 2.71 bits per heavy atom. The molecule has 1 N–H and O–H groups in total. The Morgan fingerprint density at radius 1 is 1.18 bits per heavy atom. The van der Waals surface area contributed by atoms with Gasteiger partial charge in [-0.25, -0.2) is 4.98 Å². The zero-order chi connectivity index (χ0) is 19.5. The number of nitrogens with one attached hydrogen (secondary N) is 1. The minimum atomic E-state index is -0.155. The average molecular weight is 377 g/mol. The van der Waals surface area contributed by atoms with E-state index in [4.69, 9.17) is 4.98 Å². The van der Waals surface area contributed by atoms with Gasteiger partial charge in [-0.05, 0) is 38.3 Å². The summed E-state index contributed by atoms with van der Waals surface area (Å²) in [7, 11) is 1.70. The summed E-state index contributed by atoms with van der Waals surface area (Å²) in [6.07, 6.45) is 5.16.